The molecule has 1 aromatic carbocycles. The molecule has 23 heavy (non-hydrogen) atoms. The van der Waals surface area contributed by atoms with Gasteiger partial charge in [0.05, 0.1) is 18.6 Å². The molecule has 2 aromatic rings. The van der Waals surface area contributed by atoms with Crippen molar-refractivity contribution in [1.29, 1.82) is 0 Å². The third-order valence-corrected chi connectivity index (χ3v) is 4.41. The first-order valence-electron chi connectivity index (χ1n) is 7.20. The van der Waals surface area contributed by atoms with Crippen molar-refractivity contribution in [3.05, 3.63) is 57.3 Å². The van der Waals surface area contributed by atoms with Crippen LogP contribution in [0.15, 0.2) is 29.1 Å². The lowest BCUT2D eigenvalue weighted by atomic mass is 9.66. The summed E-state index contributed by atoms with van der Waals surface area (Å²) in [6.07, 6.45) is 0.0899. The lowest BCUT2D eigenvalue weighted by molar-refractivity contribution is -0.156. The third-order valence-electron chi connectivity index (χ3n) is 4.41. The monoisotopic (exact) mass is 320 g/mol. The molecule has 0 fully saturated rings. The van der Waals surface area contributed by atoms with Gasteiger partial charge in [-0.15, -0.1) is 0 Å². The van der Waals surface area contributed by atoms with E-state index >= 15 is 0 Å². The predicted octanol–water partition coefficient (Wildman–Crippen LogP) is 1.07. The van der Waals surface area contributed by atoms with Gasteiger partial charge < -0.3 is 14.9 Å². The van der Waals surface area contributed by atoms with E-state index in [1.807, 2.05) is 0 Å². The molecule has 0 radical (unpaired) electrons. The molecule has 3 unspecified atom stereocenters. The van der Waals surface area contributed by atoms with Crippen LogP contribution in [0.2, 0.25) is 0 Å². The molecular weight excluding hydrogens is 303 g/mol. The van der Waals surface area contributed by atoms with Crippen LogP contribution in [0.3, 0.4) is 0 Å². The molecule has 1 heterocycles. The van der Waals surface area contributed by atoms with E-state index in [2.05, 4.69) is 10.2 Å². The van der Waals surface area contributed by atoms with E-state index in [0.717, 1.165) is 0 Å². The highest BCUT2D eigenvalue weighted by Crippen LogP contribution is 2.44. The Morgan fingerprint density at radius 1 is 1.43 bits per heavy atom. The van der Waals surface area contributed by atoms with Crippen molar-refractivity contribution in [3.8, 4) is 0 Å². The second-order valence-corrected chi connectivity index (χ2v) is 6.04. The lowest BCUT2D eigenvalue weighted by Gasteiger charge is -2.40. The van der Waals surface area contributed by atoms with Gasteiger partial charge >= 0.3 is 5.97 Å². The van der Waals surface area contributed by atoms with Gasteiger partial charge in [0.2, 0.25) is 0 Å². The number of methoxy groups -OCH3 is 1. The van der Waals surface area contributed by atoms with E-state index in [1.165, 1.54) is 32.2 Å². The van der Waals surface area contributed by atoms with Crippen molar-refractivity contribution in [3.63, 3.8) is 0 Å². The fourth-order valence-electron chi connectivity index (χ4n) is 3.44. The summed E-state index contributed by atoms with van der Waals surface area (Å²) < 4.78 is 18.5. The molecule has 122 valence electrons. The van der Waals surface area contributed by atoms with Crippen LogP contribution in [0.4, 0.5) is 4.39 Å². The number of carbonyl (C=O) groups excluding carboxylic acids is 1. The molecule has 0 saturated carbocycles. The first-order chi connectivity index (χ1) is 10.8. The average molecular weight is 320 g/mol. The minimum atomic E-state index is -1.44. The number of nitrogens with one attached hydrogen (secondary N) is 2. The van der Waals surface area contributed by atoms with Crippen molar-refractivity contribution in [2.45, 2.75) is 24.9 Å². The first kappa shape index (κ1) is 15.5. The molecular formula is C16H17FN2O4. The zero-order valence-electron chi connectivity index (χ0n) is 12.7. The van der Waals surface area contributed by atoms with E-state index in [1.54, 1.807) is 6.07 Å². The minimum Gasteiger partial charge on any atom is -0.469 e. The van der Waals surface area contributed by atoms with Gasteiger partial charge in [0.15, 0.2) is 0 Å². The number of rotatable bonds is 2. The highest BCUT2D eigenvalue weighted by molar-refractivity contribution is 5.77. The molecule has 1 aliphatic rings. The number of H-pyrrole nitrogens is 2. The summed E-state index contributed by atoms with van der Waals surface area (Å²) in [5.41, 5.74) is -0.556. The van der Waals surface area contributed by atoms with Crippen LogP contribution in [0.25, 0.3) is 0 Å². The molecule has 0 bridgehead atoms. The van der Waals surface area contributed by atoms with E-state index in [9.17, 15) is 19.1 Å². The highest BCUT2D eigenvalue weighted by atomic mass is 19.1. The molecule has 0 aliphatic heterocycles. The molecule has 1 aliphatic carbocycles. The quantitative estimate of drug-likeness (QED) is 0.721. The Labute approximate surface area is 131 Å². The Hall–Kier alpha value is -2.41. The summed E-state index contributed by atoms with van der Waals surface area (Å²) in [5, 5.41) is 16.0. The highest BCUT2D eigenvalue weighted by Gasteiger charge is 2.51. The number of aliphatic hydroxyl groups is 1. The smallest absolute Gasteiger partial charge is 0.312 e. The van der Waals surface area contributed by atoms with Crippen LogP contribution >= 0.6 is 0 Å². The van der Waals surface area contributed by atoms with Crippen molar-refractivity contribution >= 4 is 5.97 Å². The lowest BCUT2D eigenvalue weighted by Crippen LogP contribution is -2.49. The van der Waals surface area contributed by atoms with Gasteiger partial charge in [-0.25, -0.2) is 4.39 Å². The van der Waals surface area contributed by atoms with Crippen LogP contribution in [-0.2, 0) is 16.0 Å². The van der Waals surface area contributed by atoms with Gasteiger partial charge in [0, 0.05) is 23.6 Å². The Morgan fingerprint density at radius 3 is 2.83 bits per heavy atom. The number of hydrogen-bond acceptors (Lipinski definition) is 4. The van der Waals surface area contributed by atoms with Crippen molar-refractivity contribution in [2.24, 2.45) is 5.92 Å². The molecule has 6 nitrogen and oxygen atoms in total. The number of halogens is 1. The number of benzene rings is 1. The SMILES string of the molecule is COC(=O)C1C(c2cccc(F)c2)c2c([nH][nH]c2=O)CC1(C)O. The maximum Gasteiger partial charge on any atom is 0.312 e. The number of fused-ring (bicyclic) bond motifs is 1. The van der Waals surface area contributed by atoms with Gasteiger partial charge in [0.25, 0.3) is 5.56 Å². The predicted molar refractivity (Wildman–Crippen MR) is 79.5 cm³/mol. The Kier molecular flexibility index (Phi) is 3.60. The Morgan fingerprint density at radius 2 is 2.17 bits per heavy atom. The van der Waals surface area contributed by atoms with Gasteiger partial charge in [-0.05, 0) is 24.6 Å². The Balaban J connectivity index is 2.26. The zero-order chi connectivity index (χ0) is 16.8. The standard InChI is InChI=1S/C16H17FN2O4/c1-16(22)7-10-12(14(20)19-18-10)11(13(16)15(21)23-2)8-4-3-5-9(17)6-8/h3-6,11,13,22H,7H2,1-2H3,(H2,18,19,20). The van der Waals surface area contributed by atoms with Crippen molar-refractivity contribution < 1.29 is 19.0 Å². The molecule has 0 amide bonds. The van der Waals surface area contributed by atoms with E-state index < -0.39 is 34.8 Å². The molecule has 3 atom stereocenters. The average Bonchev–Trinajstić information content (AvgIpc) is 2.84. The van der Waals surface area contributed by atoms with Gasteiger partial charge in [0.1, 0.15) is 5.82 Å². The van der Waals surface area contributed by atoms with Crippen molar-refractivity contribution in [1.82, 2.24) is 10.2 Å². The normalized spacial score (nSPS) is 26.6. The summed E-state index contributed by atoms with van der Waals surface area (Å²) in [4.78, 5) is 24.5. The van der Waals surface area contributed by atoms with Crippen molar-refractivity contribution in [2.75, 3.05) is 7.11 Å². The maximum absolute atomic E-state index is 13.7. The number of aromatic amines is 2. The molecule has 3 rings (SSSR count). The third kappa shape index (κ3) is 2.46. The second kappa shape index (κ2) is 5.34. The largest absolute Gasteiger partial charge is 0.469 e. The summed E-state index contributed by atoms with van der Waals surface area (Å²) in [6.45, 7) is 1.51. The van der Waals surface area contributed by atoms with Gasteiger partial charge in [-0.1, -0.05) is 12.1 Å². The Bertz CT molecular complexity index is 808. The topological polar surface area (TPSA) is 95.2 Å². The number of aromatic nitrogens is 2. The van der Waals surface area contributed by atoms with Crippen LogP contribution in [0, 0.1) is 11.7 Å². The fraction of sp³-hybridized carbons (Fsp3) is 0.375. The number of esters is 1. The fourth-order valence-corrected chi connectivity index (χ4v) is 3.44. The molecule has 7 heteroatoms. The molecule has 0 spiro atoms. The molecule has 3 N–H and O–H groups in total. The maximum atomic E-state index is 13.7. The zero-order valence-corrected chi connectivity index (χ0v) is 12.7. The summed E-state index contributed by atoms with van der Waals surface area (Å²) in [7, 11) is 1.22. The van der Waals surface area contributed by atoms with E-state index in [0.29, 0.717) is 16.8 Å². The number of ether oxygens (including phenoxy) is 1. The summed E-state index contributed by atoms with van der Waals surface area (Å²) in [6, 6.07) is 5.67. The summed E-state index contributed by atoms with van der Waals surface area (Å²) in [5.74, 6) is -2.94. The number of carbonyl (C=O) groups is 1. The molecule has 0 saturated heterocycles. The van der Waals surface area contributed by atoms with Gasteiger partial charge in [-0.2, -0.15) is 0 Å². The van der Waals surface area contributed by atoms with Gasteiger partial charge in [-0.3, -0.25) is 14.7 Å². The second-order valence-electron chi connectivity index (χ2n) is 6.04. The van der Waals surface area contributed by atoms with E-state index in [4.69, 9.17) is 4.74 Å². The van der Waals surface area contributed by atoms with Crippen LogP contribution in [0.1, 0.15) is 29.7 Å². The number of hydrogen-bond donors (Lipinski definition) is 3. The minimum absolute atomic E-state index is 0.0899. The van der Waals surface area contributed by atoms with Crippen LogP contribution in [0.5, 0.6) is 0 Å². The van der Waals surface area contributed by atoms with Crippen LogP contribution < -0.4 is 5.56 Å². The first-order valence-corrected chi connectivity index (χ1v) is 7.20. The summed E-state index contributed by atoms with van der Waals surface area (Å²) >= 11 is 0. The van der Waals surface area contributed by atoms with E-state index in [-0.39, 0.29) is 6.42 Å². The van der Waals surface area contributed by atoms with Crippen LogP contribution in [-0.4, -0.2) is 34.0 Å². The molecule has 1 aromatic heterocycles.